The van der Waals surface area contributed by atoms with Crippen molar-refractivity contribution in [3.8, 4) is 0 Å². The Bertz CT molecular complexity index is 294. The molecule has 0 bridgehead atoms. The van der Waals surface area contributed by atoms with Gasteiger partial charge in [-0.25, -0.2) is 4.79 Å². The van der Waals surface area contributed by atoms with Gasteiger partial charge in [-0.3, -0.25) is 4.84 Å². The second-order valence-corrected chi connectivity index (χ2v) is 4.92. The number of halogens is 3. The molecule has 6 heteroatoms. The summed E-state index contributed by atoms with van der Waals surface area (Å²) < 4.78 is 36.7. The van der Waals surface area contributed by atoms with Crippen molar-refractivity contribution < 1.29 is 27.4 Å². The Kier molecular flexibility index (Phi) is 3.34. The highest BCUT2D eigenvalue weighted by molar-refractivity contribution is 5.74. The lowest BCUT2D eigenvalue weighted by atomic mass is 9.89. The fraction of sp³-hybridized carbons (Fsp3) is 0.909. The van der Waals surface area contributed by atoms with Crippen molar-refractivity contribution in [1.29, 1.82) is 0 Å². The monoisotopic (exact) mass is 252 g/mol. The molecular formula is C11H17F3NO2+. The Morgan fingerprint density at radius 2 is 1.65 bits per heavy atom. The summed E-state index contributed by atoms with van der Waals surface area (Å²) in [4.78, 5) is 15.8. The van der Waals surface area contributed by atoms with Gasteiger partial charge >= 0.3 is 12.1 Å². The molecule has 1 heterocycles. The summed E-state index contributed by atoms with van der Waals surface area (Å²) in [5, 5.41) is 0. The Morgan fingerprint density at radius 1 is 1.06 bits per heavy atom. The van der Waals surface area contributed by atoms with E-state index >= 15 is 0 Å². The highest BCUT2D eigenvalue weighted by Crippen LogP contribution is 2.36. The Hall–Kier alpha value is -0.780. The van der Waals surface area contributed by atoms with Crippen molar-refractivity contribution in [3.63, 3.8) is 0 Å². The SMILES string of the molecule is O=C(O[N+]1(C2CCC2)CCCCC1)C(F)(F)F. The summed E-state index contributed by atoms with van der Waals surface area (Å²) in [6.45, 7) is 1.07. The van der Waals surface area contributed by atoms with Crippen molar-refractivity contribution in [2.75, 3.05) is 13.1 Å². The number of likely N-dealkylation sites (tertiary alicyclic amines) is 1. The van der Waals surface area contributed by atoms with E-state index in [-0.39, 0.29) is 10.7 Å². The molecule has 0 aromatic heterocycles. The zero-order valence-corrected chi connectivity index (χ0v) is 9.63. The third kappa shape index (κ3) is 2.56. The van der Waals surface area contributed by atoms with E-state index in [0.29, 0.717) is 13.1 Å². The van der Waals surface area contributed by atoms with Gasteiger partial charge in [0.15, 0.2) is 0 Å². The van der Waals surface area contributed by atoms with Gasteiger partial charge in [-0.1, -0.05) is 0 Å². The minimum atomic E-state index is -4.88. The van der Waals surface area contributed by atoms with Crippen LogP contribution in [0.3, 0.4) is 0 Å². The first-order chi connectivity index (χ1) is 7.94. The van der Waals surface area contributed by atoms with E-state index in [2.05, 4.69) is 0 Å². The second-order valence-electron chi connectivity index (χ2n) is 4.92. The molecule has 0 amide bonds. The van der Waals surface area contributed by atoms with Gasteiger partial charge in [-0.05, 0) is 12.8 Å². The summed E-state index contributed by atoms with van der Waals surface area (Å²) in [6, 6.07) is 0.0848. The molecule has 2 fully saturated rings. The van der Waals surface area contributed by atoms with Crippen LogP contribution in [0.2, 0.25) is 0 Å². The predicted molar refractivity (Wildman–Crippen MR) is 53.6 cm³/mol. The summed E-state index contributed by atoms with van der Waals surface area (Å²) in [7, 11) is 0. The molecule has 0 aromatic carbocycles. The largest absolute Gasteiger partial charge is 0.497 e. The van der Waals surface area contributed by atoms with Gasteiger partial charge in [-0.15, -0.1) is 4.65 Å². The van der Waals surface area contributed by atoms with Crippen LogP contribution in [0, 0.1) is 0 Å². The smallest absolute Gasteiger partial charge is 0.266 e. The fourth-order valence-corrected chi connectivity index (χ4v) is 2.65. The van der Waals surface area contributed by atoms with E-state index in [4.69, 9.17) is 4.84 Å². The third-order valence-electron chi connectivity index (χ3n) is 3.81. The lowest BCUT2D eigenvalue weighted by Crippen LogP contribution is -2.62. The first-order valence-corrected chi connectivity index (χ1v) is 6.11. The molecular weight excluding hydrogens is 235 g/mol. The summed E-state index contributed by atoms with van der Waals surface area (Å²) >= 11 is 0. The third-order valence-corrected chi connectivity index (χ3v) is 3.81. The topological polar surface area (TPSA) is 26.3 Å². The standard InChI is InChI=1S/C11H17F3NO2/c12-11(13,14)10(16)17-15(9-5-4-6-9)7-2-1-3-8-15/h9H,1-8H2/q+1. The zero-order valence-electron chi connectivity index (χ0n) is 9.63. The molecule has 2 rings (SSSR count). The normalized spacial score (nSPS) is 25.1. The number of carbonyl (C=O) groups is 1. The maximum Gasteiger partial charge on any atom is 0.497 e. The molecule has 98 valence electrons. The van der Waals surface area contributed by atoms with E-state index in [1.165, 1.54) is 0 Å². The Labute approximate surface area is 98.1 Å². The van der Waals surface area contributed by atoms with Gasteiger partial charge in [0.2, 0.25) is 0 Å². The molecule has 1 aliphatic heterocycles. The van der Waals surface area contributed by atoms with E-state index < -0.39 is 12.1 Å². The minimum Gasteiger partial charge on any atom is -0.266 e. The van der Waals surface area contributed by atoms with Crippen LogP contribution in [0.15, 0.2) is 0 Å². The average Bonchev–Trinajstić information content (AvgIpc) is 2.14. The van der Waals surface area contributed by atoms with Crippen LogP contribution in [0.1, 0.15) is 38.5 Å². The predicted octanol–water partition coefficient (Wildman–Crippen LogP) is 2.56. The molecule has 1 saturated carbocycles. The molecule has 0 spiro atoms. The van der Waals surface area contributed by atoms with Crippen LogP contribution in [-0.2, 0) is 9.63 Å². The van der Waals surface area contributed by atoms with Gasteiger partial charge < -0.3 is 0 Å². The highest BCUT2D eigenvalue weighted by Gasteiger charge is 2.52. The number of hydrogen-bond donors (Lipinski definition) is 0. The number of piperidine rings is 1. The molecule has 17 heavy (non-hydrogen) atoms. The molecule has 1 saturated heterocycles. The fourth-order valence-electron chi connectivity index (χ4n) is 2.65. The maximum atomic E-state index is 12.3. The molecule has 3 nitrogen and oxygen atoms in total. The number of hydroxylamine groups is 3. The number of alkyl halides is 3. The van der Waals surface area contributed by atoms with Crippen molar-refractivity contribution in [1.82, 2.24) is 0 Å². The lowest BCUT2D eigenvalue weighted by Gasteiger charge is -2.46. The van der Waals surface area contributed by atoms with Gasteiger partial charge in [0.05, 0.1) is 0 Å². The van der Waals surface area contributed by atoms with Gasteiger partial charge in [0, 0.05) is 25.7 Å². The van der Waals surface area contributed by atoms with Crippen LogP contribution in [0.5, 0.6) is 0 Å². The van der Waals surface area contributed by atoms with Crippen molar-refractivity contribution in [3.05, 3.63) is 0 Å². The maximum absolute atomic E-state index is 12.3. The van der Waals surface area contributed by atoms with Gasteiger partial charge in [-0.2, -0.15) is 13.2 Å². The van der Waals surface area contributed by atoms with E-state index in [0.717, 1.165) is 38.5 Å². The van der Waals surface area contributed by atoms with Gasteiger partial charge in [0.25, 0.3) is 0 Å². The number of nitrogens with zero attached hydrogens (tertiary/aromatic N) is 1. The summed E-state index contributed by atoms with van der Waals surface area (Å²) in [5.41, 5.74) is 0. The molecule has 1 aliphatic carbocycles. The Balaban J connectivity index is 2.07. The number of rotatable bonds is 2. The van der Waals surface area contributed by atoms with Crippen LogP contribution < -0.4 is 0 Å². The van der Waals surface area contributed by atoms with Crippen LogP contribution in [0.4, 0.5) is 13.2 Å². The van der Waals surface area contributed by atoms with Crippen molar-refractivity contribution in [2.24, 2.45) is 0 Å². The summed E-state index contributed by atoms with van der Waals surface area (Å²) in [5.74, 6) is -2.04. The molecule has 0 atom stereocenters. The van der Waals surface area contributed by atoms with Crippen molar-refractivity contribution in [2.45, 2.75) is 50.7 Å². The molecule has 0 unspecified atom stereocenters. The molecule has 0 aromatic rings. The lowest BCUT2D eigenvalue weighted by molar-refractivity contribution is -1.11. The first kappa shape index (κ1) is 12.7. The number of quaternary nitrogens is 1. The van der Waals surface area contributed by atoms with Gasteiger partial charge in [0.1, 0.15) is 19.1 Å². The van der Waals surface area contributed by atoms with Crippen LogP contribution in [-0.4, -0.2) is 35.9 Å². The van der Waals surface area contributed by atoms with E-state index in [9.17, 15) is 18.0 Å². The van der Waals surface area contributed by atoms with E-state index in [1.54, 1.807) is 0 Å². The molecule has 0 radical (unpaired) electrons. The first-order valence-electron chi connectivity index (χ1n) is 6.11. The zero-order chi connectivity index (χ0) is 12.5. The van der Waals surface area contributed by atoms with Crippen LogP contribution in [0.25, 0.3) is 0 Å². The molecule has 0 N–H and O–H groups in total. The molecule has 2 aliphatic rings. The number of carbonyl (C=O) groups excluding carboxylic acids is 1. The van der Waals surface area contributed by atoms with Crippen molar-refractivity contribution >= 4 is 5.97 Å². The average molecular weight is 252 g/mol. The Morgan fingerprint density at radius 3 is 2.06 bits per heavy atom. The highest BCUT2D eigenvalue weighted by atomic mass is 19.4. The number of hydrogen-bond acceptors (Lipinski definition) is 2. The quantitative estimate of drug-likeness (QED) is 0.706. The summed E-state index contributed by atoms with van der Waals surface area (Å²) in [6.07, 6.45) is 0.552. The second kappa shape index (κ2) is 4.48. The van der Waals surface area contributed by atoms with Crippen LogP contribution >= 0.6 is 0 Å². The van der Waals surface area contributed by atoms with E-state index in [1.807, 2.05) is 0 Å². The minimum absolute atomic E-state index is 0.0848.